The van der Waals surface area contributed by atoms with E-state index in [0.717, 1.165) is 17.0 Å². The molecular formula is C15H11FN2O3. The number of aromatic nitrogens is 1. The molecular weight excluding hydrogens is 275 g/mol. The van der Waals surface area contributed by atoms with Crippen LogP contribution in [0.1, 0.15) is 20.7 Å². The van der Waals surface area contributed by atoms with Crippen LogP contribution in [0.2, 0.25) is 0 Å². The molecule has 0 saturated carbocycles. The van der Waals surface area contributed by atoms with Crippen molar-refractivity contribution in [2.24, 2.45) is 7.05 Å². The number of anilines is 1. The number of carbonyl (C=O) groups excluding carboxylic acids is 3. The summed E-state index contributed by atoms with van der Waals surface area (Å²) in [6, 6.07) is 5.10. The SMILES string of the molecule is Cn1ccc(C(=O)CN2C(=O)C(=O)c3ccc(F)cc32)c1. The van der Waals surface area contributed by atoms with Gasteiger partial charge in [-0.2, -0.15) is 0 Å². The average molecular weight is 286 g/mol. The first-order valence-electron chi connectivity index (χ1n) is 6.28. The first-order chi connectivity index (χ1) is 9.97. The summed E-state index contributed by atoms with van der Waals surface area (Å²) in [6.07, 6.45) is 3.33. The Morgan fingerprint density at radius 2 is 2.00 bits per heavy atom. The van der Waals surface area contributed by atoms with Gasteiger partial charge in [0.05, 0.1) is 17.8 Å². The fourth-order valence-electron chi connectivity index (χ4n) is 2.33. The number of hydrogen-bond acceptors (Lipinski definition) is 3. The van der Waals surface area contributed by atoms with E-state index in [-0.39, 0.29) is 23.6 Å². The molecule has 0 unspecified atom stereocenters. The summed E-state index contributed by atoms with van der Waals surface area (Å²) >= 11 is 0. The van der Waals surface area contributed by atoms with E-state index in [4.69, 9.17) is 0 Å². The first kappa shape index (κ1) is 13.2. The standard InChI is InChI=1S/C15H11FN2O3/c1-17-5-4-9(7-17)13(19)8-18-12-6-10(16)2-3-11(12)14(20)15(18)21/h2-7H,8H2,1H3. The Hall–Kier alpha value is -2.76. The van der Waals surface area contributed by atoms with Gasteiger partial charge in [-0.3, -0.25) is 19.3 Å². The van der Waals surface area contributed by atoms with Crippen LogP contribution in [0.15, 0.2) is 36.7 Å². The van der Waals surface area contributed by atoms with Crippen LogP contribution in [-0.4, -0.2) is 28.6 Å². The number of Topliss-reactive ketones (excluding diaryl/α,β-unsaturated/α-hetero) is 2. The quantitative estimate of drug-likeness (QED) is 0.635. The van der Waals surface area contributed by atoms with Gasteiger partial charge in [-0.05, 0) is 24.3 Å². The largest absolute Gasteiger partial charge is 0.357 e. The predicted molar refractivity (Wildman–Crippen MR) is 72.8 cm³/mol. The smallest absolute Gasteiger partial charge is 0.299 e. The van der Waals surface area contributed by atoms with E-state index >= 15 is 0 Å². The lowest BCUT2D eigenvalue weighted by atomic mass is 10.1. The summed E-state index contributed by atoms with van der Waals surface area (Å²) in [5.74, 6) is -2.40. The highest BCUT2D eigenvalue weighted by atomic mass is 19.1. The highest BCUT2D eigenvalue weighted by molar-refractivity contribution is 6.52. The minimum absolute atomic E-state index is 0.127. The Bertz CT molecular complexity index is 779. The van der Waals surface area contributed by atoms with Gasteiger partial charge in [0.15, 0.2) is 5.78 Å². The number of aryl methyl sites for hydroxylation is 1. The fraction of sp³-hybridized carbons (Fsp3) is 0.133. The fourth-order valence-corrected chi connectivity index (χ4v) is 2.33. The predicted octanol–water partition coefficient (Wildman–Crippen LogP) is 1.58. The molecule has 0 spiro atoms. The zero-order valence-corrected chi connectivity index (χ0v) is 11.2. The average Bonchev–Trinajstić information content (AvgIpc) is 2.97. The van der Waals surface area contributed by atoms with E-state index < -0.39 is 17.5 Å². The van der Waals surface area contributed by atoms with E-state index in [9.17, 15) is 18.8 Å². The third-order valence-electron chi connectivity index (χ3n) is 3.39. The summed E-state index contributed by atoms with van der Waals surface area (Å²) in [5.41, 5.74) is 0.708. The molecule has 6 heteroatoms. The number of benzene rings is 1. The third kappa shape index (κ3) is 2.14. The van der Waals surface area contributed by atoms with Crippen LogP contribution >= 0.6 is 0 Å². The van der Waals surface area contributed by atoms with E-state index in [1.807, 2.05) is 0 Å². The molecule has 1 aliphatic rings. The Morgan fingerprint density at radius 3 is 2.67 bits per heavy atom. The van der Waals surface area contributed by atoms with Gasteiger partial charge in [0.1, 0.15) is 5.82 Å². The van der Waals surface area contributed by atoms with E-state index in [2.05, 4.69) is 0 Å². The van der Waals surface area contributed by atoms with Crippen LogP contribution in [0.3, 0.4) is 0 Å². The van der Waals surface area contributed by atoms with Crippen LogP contribution in [-0.2, 0) is 11.8 Å². The van der Waals surface area contributed by atoms with Crippen molar-refractivity contribution in [2.45, 2.75) is 0 Å². The van der Waals surface area contributed by atoms with Gasteiger partial charge in [-0.1, -0.05) is 0 Å². The molecule has 0 saturated heterocycles. The summed E-state index contributed by atoms with van der Waals surface area (Å²) < 4.78 is 15.0. The Morgan fingerprint density at radius 1 is 1.24 bits per heavy atom. The van der Waals surface area contributed by atoms with E-state index in [1.165, 1.54) is 6.07 Å². The number of carbonyl (C=O) groups is 3. The molecule has 1 aromatic heterocycles. The summed E-state index contributed by atoms with van der Waals surface area (Å²) in [5, 5.41) is 0. The molecule has 1 aliphatic heterocycles. The van der Waals surface area contributed by atoms with Gasteiger partial charge >= 0.3 is 0 Å². The maximum atomic E-state index is 13.3. The highest BCUT2D eigenvalue weighted by Crippen LogP contribution is 2.29. The molecule has 106 valence electrons. The highest BCUT2D eigenvalue weighted by Gasteiger charge is 2.37. The molecule has 0 radical (unpaired) electrons. The van der Waals surface area contributed by atoms with Crippen LogP contribution in [0.5, 0.6) is 0 Å². The van der Waals surface area contributed by atoms with Crippen molar-refractivity contribution in [3.05, 3.63) is 53.6 Å². The van der Waals surface area contributed by atoms with Gasteiger partial charge < -0.3 is 4.57 Å². The zero-order chi connectivity index (χ0) is 15.1. The van der Waals surface area contributed by atoms with Crippen molar-refractivity contribution in [1.29, 1.82) is 0 Å². The monoisotopic (exact) mass is 286 g/mol. The van der Waals surface area contributed by atoms with E-state index in [1.54, 1.807) is 30.1 Å². The van der Waals surface area contributed by atoms with Crippen LogP contribution < -0.4 is 4.90 Å². The summed E-state index contributed by atoms with van der Waals surface area (Å²) in [6.45, 7) is -0.287. The Labute approximate surface area is 119 Å². The summed E-state index contributed by atoms with van der Waals surface area (Å²) in [7, 11) is 1.77. The van der Waals surface area contributed by atoms with Crippen LogP contribution in [0, 0.1) is 5.82 Å². The van der Waals surface area contributed by atoms with Crippen molar-refractivity contribution in [2.75, 3.05) is 11.4 Å². The van der Waals surface area contributed by atoms with Crippen molar-refractivity contribution in [3.8, 4) is 0 Å². The number of amides is 1. The molecule has 0 atom stereocenters. The van der Waals surface area contributed by atoms with E-state index in [0.29, 0.717) is 5.56 Å². The lowest BCUT2D eigenvalue weighted by Crippen LogP contribution is -2.34. The van der Waals surface area contributed by atoms with Gasteiger partial charge in [0.25, 0.3) is 11.7 Å². The molecule has 0 N–H and O–H groups in total. The zero-order valence-electron chi connectivity index (χ0n) is 11.2. The number of fused-ring (bicyclic) bond motifs is 1. The lowest BCUT2D eigenvalue weighted by Gasteiger charge is -2.15. The maximum absolute atomic E-state index is 13.3. The molecule has 2 heterocycles. The minimum Gasteiger partial charge on any atom is -0.357 e. The van der Waals surface area contributed by atoms with Crippen molar-refractivity contribution < 1.29 is 18.8 Å². The molecule has 0 bridgehead atoms. The number of hydrogen-bond donors (Lipinski definition) is 0. The molecule has 21 heavy (non-hydrogen) atoms. The molecule has 1 amide bonds. The lowest BCUT2D eigenvalue weighted by molar-refractivity contribution is -0.114. The summed E-state index contributed by atoms with van der Waals surface area (Å²) in [4.78, 5) is 36.9. The maximum Gasteiger partial charge on any atom is 0.299 e. The number of nitrogens with zero attached hydrogens (tertiary/aromatic N) is 2. The number of ketones is 2. The topological polar surface area (TPSA) is 59.4 Å². The van der Waals surface area contributed by atoms with Crippen molar-refractivity contribution >= 4 is 23.2 Å². The Balaban J connectivity index is 1.93. The normalized spacial score (nSPS) is 13.7. The molecule has 0 fully saturated rings. The van der Waals surface area contributed by atoms with Gasteiger partial charge in [0.2, 0.25) is 0 Å². The third-order valence-corrected chi connectivity index (χ3v) is 3.39. The second kappa shape index (κ2) is 4.66. The van der Waals surface area contributed by atoms with Crippen molar-refractivity contribution in [3.63, 3.8) is 0 Å². The first-order valence-corrected chi connectivity index (χ1v) is 6.28. The van der Waals surface area contributed by atoms with Crippen LogP contribution in [0.25, 0.3) is 0 Å². The Kier molecular flexibility index (Phi) is 2.94. The minimum atomic E-state index is -0.806. The number of rotatable bonds is 3. The van der Waals surface area contributed by atoms with Gasteiger partial charge in [0, 0.05) is 25.0 Å². The molecule has 2 aromatic rings. The molecule has 1 aromatic carbocycles. The number of halogens is 1. The molecule has 3 rings (SSSR count). The van der Waals surface area contributed by atoms with Crippen LogP contribution in [0.4, 0.5) is 10.1 Å². The molecule has 5 nitrogen and oxygen atoms in total. The molecule has 0 aliphatic carbocycles. The van der Waals surface area contributed by atoms with Crippen molar-refractivity contribution in [1.82, 2.24) is 4.57 Å². The van der Waals surface area contributed by atoms with Gasteiger partial charge in [-0.15, -0.1) is 0 Å². The van der Waals surface area contributed by atoms with Gasteiger partial charge in [-0.25, -0.2) is 4.39 Å². The second-order valence-corrected chi connectivity index (χ2v) is 4.87. The second-order valence-electron chi connectivity index (χ2n) is 4.87.